The van der Waals surface area contributed by atoms with Gasteiger partial charge < -0.3 is 9.47 Å². The van der Waals surface area contributed by atoms with Crippen molar-refractivity contribution in [1.29, 1.82) is 0 Å². The molecule has 0 aromatic carbocycles. The van der Waals surface area contributed by atoms with E-state index in [1.54, 1.807) is 6.92 Å². The lowest BCUT2D eigenvalue weighted by Crippen LogP contribution is -2.43. The number of hydrogen-bond donors (Lipinski definition) is 2. The third-order valence-corrected chi connectivity index (χ3v) is 1.87. The summed E-state index contributed by atoms with van der Waals surface area (Å²) in [5, 5.41) is 0. The van der Waals surface area contributed by atoms with Crippen molar-refractivity contribution in [3.8, 4) is 0 Å². The van der Waals surface area contributed by atoms with Crippen LogP contribution in [0.1, 0.15) is 34.1 Å². The monoisotopic (exact) mass is 235 g/mol. The van der Waals surface area contributed by atoms with Crippen LogP contribution in [0.5, 0.6) is 0 Å². The van der Waals surface area contributed by atoms with E-state index in [9.17, 15) is 4.79 Å². The van der Waals surface area contributed by atoms with E-state index >= 15 is 0 Å². The Bertz CT molecular complexity index is 211. The Morgan fingerprint density at radius 1 is 1.33 bits per heavy atom. The molecule has 90 valence electrons. The second-order valence-electron chi connectivity index (χ2n) is 4.66. The molecule has 0 amide bonds. The molecule has 4 nitrogen and oxygen atoms in total. The maximum atomic E-state index is 11.0. The average Bonchev–Trinajstić information content (AvgIpc) is 2.00. The highest BCUT2D eigenvalue weighted by Crippen LogP contribution is 2.13. The molecule has 1 atom stereocenters. The summed E-state index contributed by atoms with van der Waals surface area (Å²) in [5.41, 5.74) is 4.58. The van der Waals surface area contributed by atoms with Gasteiger partial charge in [-0.15, -0.1) is 0 Å². The number of ether oxygens (including phenoxy) is 2. The molecular weight excluding hydrogens is 214 g/mol. The normalized spacial score (nSPS) is 15.9. The van der Waals surface area contributed by atoms with E-state index in [4.69, 9.17) is 15.2 Å². The fraction of sp³-hybridized carbons (Fsp3) is 0.900. The number of rotatable bonds is 5. The molecule has 0 radical (unpaired) electrons. The number of carbonyl (C=O) groups is 1. The summed E-state index contributed by atoms with van der Waals surface area (Å²) in [6, 6.07) is 0. The minimum absolute atomic E-state index is 0.0346. The molecule has 0 aliphatic carbocycles. The molecular formula is C10H21NO3S. The van der Waals surface area contributed by atoms with Crippen LogP contribution in [0.3, 0.4) is 0 Å². The molecule has 0 saturated carbocycles. The first-order valence-corrected chi connectivity index (χ1v) is 5.55. The Hall–Kier alpha value is -0.260. The van der Waals surface area contributed by atoms with Gasteiger partial charge in [0.1, 0.15) is 0 Å². The number of carbonyl (C=O) groups excluding carboxylic acids is 1. The van der Waals surface area contributed by atoms with Crippen LogP contribution in [-0.2, 0) is 14.3 Å². The van der Waals surface area contributed by atoms with Gasteiger partial charge in [-0.3, -0.25) is 10.5 Å². The van der Waals surface area contributed by atoms with Gasteiger partial charge >= 0.3 is 5.97 Å². The molecule has 0 fully saturated rings. The van der Waals surface area contributed by atoms with Crippen molar-refractivity contribution in [3.63, 3.8) is 0 Å². The Labute approximate surface area is 96.9 Å². The Morgan fingerprint density at radius 3 is 2.27 bits per heavy atom. The van der Waals surface area contributed by atoms with E-state index in [1.165, 1.54) is 0 Å². The van der Waals surface area contributed by atoms with E-state index in [2.05, 4.69) is 12.6 Å². The summed E-state index contributed by atoms with van der Waals surface area (Å²) in [4.78, 5) is 11.0. The fourth-order valence-electron chi connectivity index (χ4n) is 0.903. The second-order valence-corrected chi connectivity index (χ2v) is 4.97. The summed E-state index contributed by atoms with van der Waals surface area (Å²) in [6.07, 6.45) is 0.462. The van der Waals surface area contributed by atoms with Crippen LogP contribution in [0.15, 0.2) is 0 Å². The Kier molecular flexibility index (Phi) is 5.62. The number of hydrogen-bond acceptors (Lipinski definition) is 5. The van der Waals surface area contributed by atoms with Crippen LogP contribution in [0.4, 0.5) is 0 Å². The maximum Gasteiger partial charge on any atom is 0.317 e. The van der Waals surface area contributed by atoms with Gasteiger partial charge in [0.2, 0.25) is 0 Å². The highest BCUT2D eigenvalue weighted by molar-refractivity contribution is 7.81. The fourth-order valence-corrected chi connectivity index (χ4v) is 0.968. The first-order chi connectivity index (χ1) is 6.66. The largest absolute Gasteiger partial charge is 0.444 e. The first kappa shape index (κ1) is 14.7. The molecule has 0 heterocycles. The van der Waals surface area contributed by atoms with Crippen LogP contribution in [-0.4, -0.2) is 29.7 Å². The van der Waals surface area contributed by atoms with Crippen LogP contribution >= 0.6 is 12.6 Å². The molecule has 0 rings (SSSR count). The third kappa shape index (κ3) is 8.72. The molecule has 5 heteroatoms. The molecule has 0 aromatic rings. The lowest BCUT2D eigenvalue weighted by atomic mass is 10.1. The molecule has 0 aliphatic heterocycles. The molecule has 0 aromatic heterocycles. The summed E-state index contributed by atoms with van der Waals surface area (Å²) < 4.78 is 10.5. The first-order valence-electron chi connectivity index (χ1n) is 4.92. The number of esters is 1. The van der Waals surface area contributed by atoms with Crippen molar-refractivity contribution in [2.24, 2.45) is 5.73 Å². The predicted octanol–water partition coefficient (Wildman–Crippen LogP) is 1.34. The van der Waals surface area contributed by atoms with Gasteiger partial charge in [-0.25, -0.2) is 0 Å². The van der Waals surface area contributed by atoms with Crippen molar-refractivity contribution < 1.29 is 14.3 Å². The van der Waals surface area contributed by atoms with Crippen LogP contribution in [0.2, 0.25) is 0 Å². The minimum atomic E-state index is -0.981. The third-order valence-electron chi connectivity index (χ3n) is 1.61. The SMILES string of the molecule is CC(C)(C)OCCC(C)(N)OC(=O)CS. The Balaban J connectivity index is 3.89. The molecule has 15 heavy (non-hydrogen) atoms. The summed E-state index contributed by atoms with van der Waals surface area (Å²) in [7, 11) is 0. The lowest BCUT2D eigenvalue weighted by Gasteiger charge is -2.27. The second kappa shape index (κ2) is 5.72. The van der Waals surface area contributed by atoms with Crippen molar-refractivity contribution >= 4 is 18.6 Å². The zero-order chi connectivity index (χ0) is 12.1. The molecule has 0 aliphatic rings. The number of thiol groups is 1. The van der Waals surface area contributed by atoms with E-state index in [-0.39, 0.29) is 11.4 Å². The van der Waals surface area contributed by atoms with Gasteiger partial charge in [-0.05, 0) is 27.7 Å². The Morgan fingerprint density at radius 2 is 1.87 bits per heavy atom. The van der Waals surface area contributed by atoms with Crippen LogP contribution in [0, 0.1) is 0 Å². The standard InChI is InChI=1S/C10H21NO3S/c1-9(2,3)13-6-5-10(4,11)14-8(12)7-15/h15H,5-7,11H2,1-4H3. The predicted molar refractivity (Wildman–Crippen MR) is 62.9 cm³/mol. The topological polar surface area (TPSA) is 61.6 Å². The molecule has 0 bridgehead atoms. The van der Waals surface area contributed by atoms with Crippen LogP contribution in [0.25, 0.3) is 0 Å². The van der Waals surface area contributed by atoms with Gasteiger partial charge in [0.05, 0.1) is 18.0 Å². The minimum Gasteiger partial charge on any atom is -0.444 e. The van der Waals surface area contributed by atoms with Gasteiger partial charge in [-0.1, -0.05) is 0 Å². The zero-order valence-corrected chi connectivity index (χ0v) is 10.8. The van der Waals surface area contributed by atoms with Gasteiger partial charge in [0.15, 0.2) is 5.72 Å². The van der Waals surface area contributed by atoms with Crippen molar-refractivity contribution in [1.82, 2.24) is 0 Å². The van der Waals surface area contributed by atoms with Crippen molar-refractivity contribution in [2.75, 3.05) is 12.4 Å². The highest BCUT2D eigenvalue weighted by Gasteiger charge is 2.23. The van der Waals surface area contributed by atoms with Crippen molar-refractivity contribution in [3.05, 3.63) is 0 Å². The van der Waals surface area contributed by atoms with E-state index < -0.39 is 11.7 Å². The van der Waals surface area contributed by atoms with Crippen LogP contribution < -0.4 is 5.73 Å². The molecule has 2 N–H and O–H groups in total. The van der Waals surface area contributed by atoms with Gasteiger partial charge in [-0.2, -0.15) is 12.6 Å². The summed E-state index contributed by atoms with van der Waals surface area (Å²) in [5.74, 6) is -0.383. The van der Waals surface area contributed by atoms with E-state index in [0.717, 1.165) is 0 Å². The summed E-state index contributed by atoms with van der Waals surface area (Å²) >= 11 is 3.80. The van der Waals surface area contributed by atoms with E-state index in [0.29, 0.717) is 13.0 Å². The van der Waals surface area contributed by atoms with Gasteiger partial charge in [0.25, 0.3) is 0 Å². The lowest BCUT2D eigenvalue weighted by molar-refractivity contribution is -0.156. The molecule has 1 unspecified atom stereocenters. The van der Waals surface area contributed by atoms with Gasteiger partial charge in [0, 0.05) is 6.42 Å². The summed E-state index contributed by atoms with van der Waals surface area (Å²) in [6.45, 7) is 7.98. The molecule has 0 spiro atoms. The quantitative estimate of drug-likeness (QED) is 0.429. The highest BCUT2D eigenvalue weighted by atomic mass is 32.1. The zero-order valence-electron chi connectivity index (χ0n) is 9.87. The van der Waals surface area contributed by atoms with E-state index in [1.807, 2.05) is 20.8 Å². The smallest absolute Gasteiger partial charge is 0.317 e. The molecule has 0 saturated heterocycles. The maximum absolute atomic E-state index is 11.0. The number of nitrogens with two attached hydrogens (primary N) is 1. The average molecular weight is 235 g/mol. The van der Waals surface area contributed by atoms with Crippen molar-refractivity contribution in [2.45, 2.75) is 45.4 Å².